The molecule has 0 aromatic heterocycles. The van der Waals surface area contributed by atoms with Crippen molar-refractivity contribution in [3.05, 3.63) is 0 Å². The van der Waals surface area contributed by atoms with Crippen LogP contribution in [0.3, 0.4) is 0 Å². The van der Waals surface area contributed by atoms with Gasteiger partial charge in [-0.05, 0) is 44.4 Å². The van der Waals surface area contributed by atoms with E-state index in [0.717, 1.165) is 45.1 Å². The van der Waals surface area contributed by atoms with Crippen LogP contribution in [0.2, 0.25) is 0 Å². The number of aliphatic carboxylic acids is 1. The predicted molar refractivity (Wildman–Crippen MR) is 78.0 cm³/mol. The van der Waals surface area contributed by atoms with Gasteiger partial charge in [-0.2, -0.15) is 0 Å². The normalized spacial score (nSPS) is 23.6. The van der Waals surface area contributed by atoms with Gasteiger partial charge in [0.05, 0.1) is 0 Å². The maximum Gasteiger partial charge on any atom is 0.320 e. The van der Waals surface area contributed by atoms with Crippen LogP contribution in [-0.2, 0) is 4.79 Å². The molecule has 120 valence electrons. The Balaban J connectivity index is 1.82. The zero-order valence-corrected chi connectivity index (χ0v) is 12.5. The topological polar surface area (TPSA) is 81.1 Å². The molecule has 2 N–H and O–H groups in total. The quantitative estimate of drug-likeness (QED) is 0.806. The van der Waals surface area contributed by atoms with Crippen LogP contribution in [0.15, 0.2) is 0 Å². The van der Waals surface area contributed by atoms with Gasteiger partial charge in [0.2, 0.25) is 0 Å². The number of hydrogen-bond acceptors (Lipinski definition) is 3. The van der Waals surface area contributed by atoms with Gasteiger partial charge in [-0.1, -0.05) is 0 Å². The van der Waals surface area contributed by atoms with Crippen molar-refractivity contribution in [3.8, 4) is 0 Å². The third-order valence-corrected chi connectivity index (χ3v) is 4.67. The third kappa shape index (κ3) is 4.33. The van der Waals surface area contributed by atoms with E-state index >= 15 is 0 Å². The lowest BCUT2D eigenvalue weighted by Crippen LogP contribution is -2.48. The smallest absolute Gasteiger partial charge is 0.320 e. The fourth-order valence-electron chi connectivity index (χ4n) is 3.47. The molecule has 2 heterocycles. The maximum absolute atomic E-state index is 12.6. The highest BCUT2D eigenvalue weighted by Crippen LogP contribution is 2.26. The Morgan fingerprint density at radius 2 is 1.81 bits per heavy atom. The van der Waals surface area contributed by atoms with E-state index < -0.39 is 5.97 Å². The van der Waals surface area contributed by atoms with E-state index in [-0.39, 0.29) is 31.0 Å². The molecule has 1 unspecified atom stereocenters. The van der Waals surface area contributed by atoms with Gasteiger partial charge < -0.3 is 20.0 Å². The number of nitrogens with zero attached hydrogens (tertiary/aromatic N) is 2. The van der Waals surface area contributed by atoms with E-state index in [1.807, 2.05) is 9.80 Å². The highest BCUT2D eigenvalue weighted by Gasteiger charge is 2.33. The van der Waals surface area contributed by atoms with Crippen LogP contribution in [0, 0.1) is 5.92 Å². The Labute approximate surface area is 125 Å². The average molecular weight is 298 g/mol. The Morgan fingerprint density at radius 1 is 1.10 bits per heavy atom. The Morgan fingerprint density at radius 3 is 2.43 bits per heavy atom. The van der Waals surface area contributed by atoms with Crippen molar-refractivity contribution in [1.82, 2.24) is 9.80 Å². The molecule has 0 bridgehead atoms. The van der Waals surface area contributed by atoms with Gasteiger partial charge >= 0.3 is 12.0 Å². The standard InChI is InChI=1S/C15H26N2O4/c18-10-2-4-13-3-1-7-17(13)15(21)16-8-5-12(6-9-16)11-14(19)20/h12-13,18H,1-11H2,(H,19,20). The summed E-state index contributed by atoms with van der Waals surface area (Å²) in [6.45, 7) is 2.32. The summed E-state index contributed by atoms with van der Waals surface area (Å²) in [7, 11) is 0. The number of aliphatic hydroxyl groups excluding tert-OH is 1. The van der Waals surface area contributed by atoms with Crippen LogP contribution in [-0.4, -0.2) is 64.3 Å². The molecule has 0 spiro atoms. The highest BCUT2D eigenvalue weighted by atomic mass is 16.4. The van der Waals surface area contributed by atoms with Gasteiger partial charge in [-0.3, -0.25) is 4.79 Å². The van der Waals surface area contributed by atoms with E-state index in [9.17, 15) is 9.59 Å². The molecule has 2 rings (SSSR count). The average Bonchev–Trinajstić information content (AvgIpc) is 2.93. The van der Waals surface area contributed by atoms with Crippen LogP contribution in [0.5, 0.6) is 0 Å². The van der Waals surface area contributed by atoms with Gasteiger partial charge in [0.15, 0.2) is 0 Å². The minimum atomic E-state index is -0.747. The van der Waals surface area contributed by atoms with Crippen molar-refractivity contribution in [2.45, 2.75) is 51.0 Å². The van der Waals surface area contributed by atoms with Gasteiger partial charge in [0, 0.05) is 38.7 Å². The van der Waals surface area contributed by atoms with Crippen molar-refractivity contribution in [2.75, 3.05) is 26.2 Å². The molecule has 0 aliphatic carbocycles. The summed E-state index contributed by atoms with van der Waals surface area (Å²) < 4.78 is 0. The van der Waals surface area contributed by atoms with Crippen LogP contribution >= 0.6 is 0 Å². The number of likely N-dealkylation sites (tertiary alicyclic amines) is 2. The Kier molecular flexibility index (Phi) is 5.85. The molecule has 0 aromatic carbocycles. The summed E-state index contributed by atoms with van der Waals surface area (Å²) in [6, 6.07) is 0.366. The van der Waals surface area contributed by atoms with Crippen molar-refractivity contribution in [2.24, 2.45) is 5.92 Å². The summed E-state index contributed by atoms with van der Waals surface area (Å²) in [5.74, 6) is -0.543. The second-order valence-electron chi connectivity index (χ2n) is 6.17. The highest BCUT2D eigenvalue weighted by molar-refractivity contribution is 5.75. The second kappa shape index (κ2) is 7.64. The molecule has 0 aromatic rings. The summed E-state index contributed by atoms with van der Waals surface area (Å²) in [6.07, 6.45) is 5.47. The number of amides is 2. The number of hydrogen-bond donors (Lipinski definition) is 2. The van der Waals surface area contributed by atoms with Gasteiger partial charge in [-0.15, -0.1) is 0 Å². The van der Waals surface area contributed by atoms with Crippen molar-refractivity contribution >= 4 is 12.0 Å². The fraction of sp³-hybridized carbons (Fsp3) is 0.867. The molecule has 2 fully saturated rings. The maximum atomic E-state index is 12.6. The molecule has 1 atom stereocenters. The van der Waals surface area contributed by atoms with Crippen molar-refractivity contribution < 1.29 is 19.8 Å². The lowest BCUT2D eigenvalue weighted by Gasteiger charge is -2.36. The van der Waals surface area contributed by atoms with Crippen LogP contribution < -0.4 is 0 Å². The fourth-order valence-corrected chi connectivity index (χ4v) is 3.47. The summed E-state index contributed by atoms with van der Waals surface area (Å²) in [5.41, 5.74) is 0. The lowest BCUT2D eigenvalue weighted by molar-refractivity contribution is -0.138. The number of carbonyl (C=O) groups is 2. The third-order valence-electron chi connectivity index (χ3n) is 4.67. The first-order valence-corrected chi connectivity index (χ1v) is 8.00. The molecule has 0 saturated carbocycles. The molecular formula is C15H26N2O4. The summed E-state index contributed by atoms with van der Waals surface area (Å²) in [4.78, 5) is 27.1. The second-order valence-corrected chi connectivity index (χ2v) is 6.17. The first kappa shape index (κ1) is 16.1. The molecule has 6 heteroatoms. The van der Waals surface area contributed by atoms with Crippen LogP contribution in [0.4, 0.5) is 4.79 Å². The van der Waals surface area contributed by atoms with Gasteiger partial charge in [0.1, 0.15) is 0 Å². The monoisotopic (exact) mass is 298 g/mol. The zero-order chi connectivity index (χ0) is 15.2. The van der Waals surface area contributed by atoms with E-state index in [2.05, 4.69) is 0 Å². The first-order valence-electron chi connectivity index (χ1n) is 8.00. The first-order chi connectivity index (χ1) is 10.1. The van der Waals surface area contributed by atoms with E-state index in [4.69, 9.17) is 10.2 Å². The Hall–Kier alpha value is -1.30. The molecule has 6 nitrogen and oxygen atoms in total. The van der Waals surface area contributed by atoms with E-state index in [0.29, 0.717) is 13.1 Å². The lowest BCUT2D eigenvalue weighted by atomic mass is 9.94. The van der Waals surface area contributed by atoms with Crippen molar-refractivity contribution in [1.29, 1.82) is 0 Å². The molecule has 2 amide bonds. The van der Waals surface area contributed by atoms with Gasteiger partial charge in [-0.25, -0.2) is 4.79 Å². The molecular weight excluding hydrogens is 272 g/mol. The van der Waals surface area contributed by atoms with Crippen LogP contribution in [0.1, 0.15) is 44.9 Å². The minimum Gasteiger partial charge on any atom is -0.481 e. The molecule has 2 aliphatic rings. The van der Waals surface area contributed by atoms with Crippen molar-refractivity contribution in [3.63, 3.8) is 0 Å². The SMILES string of the molecule is O=C(O)CC1CCN(C(=O)N2CCCC2CCCO)CC1. The molecule has 2 aliphatic heterocycles. The zero-order valence-electron chi connectivity index (χ0n) is 12.5. The number of urea groups is 1. The number of aliphatic hydroxyl groups is 1. The molecule has 2 saturated heterocycles. The number of carboxylic acids is 1. The number of rotatable bonds is 5. The molecule has 0 radical (unpaired) electrons. The summed E-state index contributed by atoms with van der Waals surface area (Å²) in [5, 5.41) is 17.8. The summed E-state index contributed by atoms with van der Waals surface area (Å²) >= 11 is 0. The van der Waals surface area contributed by atoms with E-state index in [1.165, 1.54) is 0 Å². The van der Waals surface area contributed by atoms with Gasteiger partial charge in [0.25, 0.3) is 0 Å². The van der Waals surface area contributed by atoms with Crippen LogP contribution in [0.25, 0.3) is 0 Å². The number of carboxylic acid groups (broad SMARTS) is 1. The Bertz CT molecular complexity index is 367. The number of carbonyl (C=O) groups excluding carboxylic acids is 1. The minimum absolute atomic E-state index is 0.101. The number of piperidine rings is 1. The largest absolute Gasteiger partial charge is 0.481 e. The van der Waals surface area contributed by atoms with E-state index in [1.54, 1.807) is 0 Å². The predicted octanol–water partition coefficient (Wildman–Crippen LogP) is 1.53. The molecule has 21 heavy (non-hydrogen) atoms.